The topological polar surface area (TPSA) is 62.4 Å². The lowest BCUT2D eigenvalue weighted by atomic mass is 10.2. The highest BCUT2D eigenvalue weighted by molar-refractivity contribution is 7.99. The van der Waals surface area contributed by atoms with E-state index in [0.29, 0.717) is 17.4 Å². The first-order valence-corrected chi connectivity index (χ1v) is 9.23. The molecule has 2 aromatic rings. The largest absolute Gasteiger partial charge is 0.484 e. The fourth-order valence-electron chi connectivity index (χ4n) is 1.91. The Morgan fingerprint density at radius 1 is 1.12 bits per heavy atom. The Kier molecular flexibility index (Phi) is 8.08. The number of hydrogen-bond acceptors (Lipinski definition) is 4. The number of carbonyl (C=O) groups excluding carboxylic acids is 1. The molecular weight excluding hydrogens is 354 g/mol. The molecule has 0 aliphatic rings. The van der Waals surface area contributed by atoms with Gasteiger partial charge in [0.1, 0.15) is 5.75 Å². The van der Waals surface area contributed by atoms with E-state index in [-0.39, 0.29) is 12.5 Å². The molecule has 1 amide bonds. The summed E-state index contributed by atoms with van der Waals surface area (Å²) in [6, 6.07) is 17.7. The summed E-state index contributed by atoms with van der Waals surface area (Å²) in [5.41, 5.74) is 6.24. The number of ether oxygens (including phenoxy) is 1. The number of benzene rings is 2. The lowest BCUT2D eigenvalue weighted by Gasteiger charge is -2.12. The molecule has 0 bridgehead atoms. The molecule has 0 aliphatic carbocycles. The van der Waals surface area contributed by atoms with Crippen LogP contribution in [0.15, 0.2) is 59.5 Å². The number of carbonyl (C=O) groups is 1. The smallest absolute Gasteiger partial charge is 0.276 e. The molecule has 0 atom stereocenters. The van der Waals surface area contributed by atoms with Crippen LogP contribution in [0.25, 0.3) is 0 Å². The molecular formula is C18H21N3O2S2. The molecule has 0 heterocycles. The van der Waals surface area contributed by atoms with E-state index in [9.17, 15) is 4.79 Å². The fourth-order valence-corrected chi connectivity index (χ4v) is 2.85. The van der Waals surface area contributed by atoms with Gasteiger partial charge in [0.2, 0.25) is 0 Å². The number of hydrazine groups is 1. The van der Waals surface area contributed by atoms with E-state index >= 15 is 0 Å². The first-order chi connectivity index (χ1) is 12.1. The van der Waals surface area contributed by atoms with Gasteiger partial charge >= 0.3 is 0 Å². The maximum atomic E-state index is 11.7. The van der Waals surface area contributed by atoms with Crippen LogP contribution in [0.2, 0.25) is 0 Å². The van der Waals surface area contributed by atoms with Crippen LogP contribution in [0.1, 0.15) is 5.56 Å². The van der Waals surface area contributed by atoms with Crippen molar-refractivity contribution < 1.29 is 9.53 Å². The third kappa shape index (κ3) is 7.91. The van der Waals surface area contributed by atoms with Crippen molar-refractivity contribution in [3.05, 3.63) is 60.2 Å². The van der Waals surface area contributed by atoms with Crippen LogP contribution in [0.4, 0.5) is 0 Å². The van der Waals surface area contributed by atoms with Crippen molar-refractivity contribution in [2.75, 3.05) is 18.9 Å². The molecule has 0 spiro atoms. The van der Waals surface area contributed by atoms with Gasteiger partial charge in [-0.15, -0.1) is 11.8 Å². The van der Waals surface area contributed by atoms with Gasteiger partial charge in [-0.2, -0.15) is 0 Å². The molecule has 0 aliphatic heterocycles. The lowest BCUT2D eigenvalue weighted by molar-refractivity contribution is -0.123. The maximum absolute atomic E-state index is 11.7. The van der Waals surface area contributed by atoms with Gasteiger partial charge in [-0.1, -0.05) is 30.3 Å². The Hall–Kier alpha value is -2.25. The Morgan fingerprint density at radius 3 is 2.68 bits per heavy atom. The normalized spacial score (nSPS) is 9.96. The molecule has 25 heavy (non-hydrogen) atoms. The van der Waals surface area contributed by atoms with Crippen molar-refractivity contribution in [1.82, 2.24) is 16.2 Å². The second-order valence-electron chi connectivity index (χ2n) is 5.20. The Labute approximate surface area is 157 Å². The molecule has 2 aromatic carbocycles. The quantitative estimate of drug-likeness (QED) is 0.299. The summed E-state index contributed by atoms with van der Waals surface area (Å²) >= 11 is 6.85. The van der Waals surface area contributed by atoms with Crippen LogP contribution in [0, 0.1) is 6.92 Å². The second kappa shape index (κ2) is 10.6. The monoisotopic (exact) mass is 375 g/mol. The summed E-state index contributed by atoms with van der Waals surface area (Å²) in [5.74, 6) is 1.23. The zero-order valence-corrected chi connectivity index (χ0v) is 15.6. The van der Waals surface area contributed by atoms with Gasteiger partial charge in [0.15, 0.2) is 11.7 Å². The summed E-state index contributed by atoms with van der Waals surface area (Å²) in [6.45, 7) is 2.58. The number of thioether (sulfide) groups is 1. The second-order valence-corrected chi connectivity index (χ2v) is 6.77. The number of hydrogen-bond donors (Lipinski definition) is 3. The van der Waals surface area contributed by atoms with Crippen LogP contribution in [0.3, 0.4) is 0 Å². The van der Waals surface area contributed by atoms with Crippen LogP contribution < -0.4 is 20.9 Å². The molecule has 0 fully saturated rings. The van der Waals surface area contributed by atoms with E-state index in [0.717, 1.165) is 11.3 Å². The Bertz CT molecular complexity index is 696. The van der Waals surface area contributed by atoms with Crippen molar-refractivity contribution in [2.24, 2.45) is 0 Å². The van der Waals surface area contributed by atoms with E-state index in [1.807, 2.05) is 49.4 Å². The molecule has 0 unspecified atom stereocenters. The summed E-state index contributed by atoms with van der Waals surface area (Å²) in [5, 5.41) is 3.41. The number of rotatable bonds is 7. The number of nitrogens with one attached hydrogen (secondary N) is 3. The first-order valence-electron chi connectivity index (χ1n) is 7.83. The predicted octanol–water partition coefficient (Wildman–Crippen LogP) is 2.66. The minimum absolute atomic E-state index is 0.0804. The van der Waals surface area contributed by atoms with Gasteiger partial charge in [-0.3, -0.25) is 15.6 Å². The van der Waals surface area contributed by atoms with E-state index in [4.69, 9.17) is 17.0 Å². The molecule has 2 rings (SSSR count). The molecule has 7 heteroatoms. The van der Waals surface area contributed by atoms with Crippen molar-refractivity contribution in [2.45, 2.75) is 11.8 Å². The van der Waals surface area contributed by atoms with Crippen LogP contribution in [-0.2, 0) is 4.79 Å². The van der Waals surface area contributed by atoms with Crippen LogP contribution in [-0.4, -0.2) is 29.9 Å². The van der Waals surface area contributed by atoms with Crippen LogP contribution in [0.5, 0.6) is 5.75 Å². The van der Waals surface area contributed by atoms with E-state index < -0.39 is 0 Å². The third-order valence-corrected chi connectivity index (χ3v) is 4.33. The molecule has 0 aromatic heterocycles. The highest BCUT2D eigenvalue weighted by Crippen LogP contribution is 2.15. The summed E-state index contributed by atoms with van der Waals surface area (Å²) in [7, 11) is 0. The van der Waals surface area contributed by atoms with E-state index in [2.05, 4.69) is 28.3 Å². The molecule has 5 nitrogen and oxygen atoms in total. The predicted molar refractivity (Wildman–Crippen MR) is 106 cm³/mol. The van der Waals surface area contributed by atoms with Gasteiger partial charge in [0.05, 0.1) is 0 Å². The minimum Gasteiger partial charge on any atom is -0.484 e. The molecule has 3 N–H and O–H groups in total. The van der Waals surface area contributed by atoms with Gasteiger partial charge in [-0.05, 0) is 49.0 Å². The molecule has 0 saturated carbocycles. The SMILES string of the molecule is Cc1cccc(OCC(=O)NNC(=S)NCCSc2ccccc2)c1. The highest BCUT2D eigenvalue weighted by atomic mass is 32.2. The Morgan fingerprint density at radius 2 is 1.92 bits per heavy atom. The maximum Gasteiger partial charge on any atom is 0.276 e. The van der Waals surface area contributed by atoms with Gasteiger partial charge in [0, 0.05) is 17.2 Å². The average molecular weight is 376 g/mol. The number of amides is 1. The summed E-state index contributed by atoms with van der Waals surface area (Å²) < 4.78 is 5.41. The van der Waals surface area contributed by atoms with E-state index in [1.54, 1.807) is 11.8 Å². The zero-order chi connectivity index (χ0) is 17.9. The summed E-state index contributed by atoms with van der Waals surface area (Å²) in [4.78, 5) is 12.9. The lowest BCUT2D eigenvalue weighted by Crippen LogP contribution is -2.48. The van der Waals surface area contributed by atoms with Crippen LogP contribution >= 0.6 is 24.0 Å². The van der Waals surface area contributed by atoms with Gasteiger partial charge in [0.25, 0.3) is 5.91 Å². The van der Waals surface area contributed by atoms with Crippen molar-refractivity contribution in [3.63, 3.8) is 0 Å². The number of thiocarbonyl (C=S) groups is 1. The van der Waals surface area contributed by atoms with Gasteiger partial charge < -0.3 is 10.1 Å². The molecule has 132 valence electrons. The standard InChI is InChI=1S/C18H21N3O2S2/c1-14-6-5-7-15(12-14)23-13-17(22)20-21-18(24)19-10-11-25-16-8-3-2-4-9-16/h2-9,12H,10-11,13H2,1H3,(H,20,22)(H2,19,21,24). The van der Waals surface area contributed by atoms with Gasteiger partial charge in [-0.25, -0.2) is 0 Å². The first kappa shape index (κ1) is 19.1. The average Bonchev–Trinajstić information content (AvgIpc) is 2.63. The van der Waals surface area contributed by atoms with E-state index in [1.165, 1.54) is 4.90 Å². The third-order valence-electron chi connectivity index (χ3n) is 3.07. The van der Waals surface area contributed by atoms with Crippen molar-refractivity contribution in [3.8, 4) is 5.75 Å². The Balaban J connectivity index is 1.55. The molecule has 0 saturated heterocycles. The molecule has 0 radical (unpaired) electrons. The highest BCUT2D eigenvalue weighted by Gasteiger charge is 2.03. The fraction of sp³-hybridized carbons (Fsp3) is 0.222. The number of aryl methyl sites for hydroxylation is 1. The summed E-state index contributed by atoms with van der Waals surface area (Å²) in [6.07, 6.45) is 0. The zero-order valence-electron chi connectivity index (χ0n) is 14.0. The minimum atomic E-state index is -0.302. The van der Waals surface area contributed by atoms with Crippen molar-refractivity contribution >= 4 is 35.0 Å². The van der Waals surface area contributed by atoms with Crippen molar-refractivity contribution in [1.29, 1.82) is 0 Å².